The SMILES string of the molecule is CCCCO[SiH](CCCC)OCCOC. The molecule has 0 aliphatic rings. The quantitative estimate of drug-likeness (QED) is 0.406. The van der Waals surface area contributed by atoms with Crippen LogP contribution in [0.5, 0.6) is 0 Å². The third kappa shape index (κ3) is 10.4. The smallest absolute Gasteiger partial charge is 0.321 e. The second-order valence-electron chi connectivity index (χ2n) is 3.66. The summed E-state index contributed by atoms with van der Waals surface area (Å²) >= 11 is 0. The molecule has 0 radical (unpaired) electrons. The van der Waals surface area contributed by atoms with Gasteiger partial charge in [0.05, 0.1) is 13.2 Å². The van der Waals surface area contributed by atoms with Crippen LogP contribution in [0.4, 0.5) is 0 Å². The van der Waals surface area contributed by atoms with E-state index >= 15 is 0 Å². The van der Waals surface area contributed by atoms with Crippen LogP contribution in [-0.2, 0) is 13.6 Å². The van der Waals surface area contributed by atoms with Gasteiger partial charge in [-0.15, -0.1) is 0 Å². The first-order valence-electron chi connectivity index (χ1n) is 6.07. The van der Waals surface area contributed by atoms with E-state index in [1.54, 1.807) is 7.11 Å². The van der Waals surface area contributed by atoms with E-state index in [1.165, 1.54) is 19.3 Å². The van der Waals surface area contributed by atoms with E-state index in [-0.39, 0.29) is 0 Å². The van der Waals surface area contributed by atoms with Gasteiger partial charge in [-0.1, -0.05) is 33.1 Å². The first-order chi connectivity index (χ1) is 7.35. The van der Waals surface area contributed by atoms with Gasteiger partial charge in [-0.3, -0.25) is 0 Å². The van der Waals surface area contributed by atoms with Crippen LogP contribution in [0, 0.1) is 0 Å². The van der Waals surface area contributed by atoms with Crippen molar-refractivity contribution in [1.29, 1.82) is 0 Å². The second-order valence-corrected chi connectivity index (χ2v) is 5.76. The Morgan fingerprint density at radius 1 is 0.867 bits per heavy atom. The number of hydrogen-bond donors (Lipinski definition) is 0. The van der Waals surface area contributed by atoms with Crippen molar-refractivity contribution in [3.8, 4) is 0 Å². The third-order valence-corrected chi connectivity index (χ3v) is 4.28. The molecule has 92 valence electrons. The van der Waals surface area contributed by atoms with Crippen LogP contribution >= 0.6 is 0 Å². The minimum Gasteiger partial charge on any atom is -0.397 e. The molecule has 0 aliphatic heterocycles. The number of rotatable bonds is 11. The van der Waals surface area contributed by atoms with Gasteiger partial charge in [-0.25, -0.2) is 0 Å². The Labute approximate surface area is 96.0 Å². The van der Waals surface area contributed by atoms with Gasteiger partial charge in [-0.05, 0) is 12.5 Å². The zero-order valence-corrected chi connectivity index (χ0v) is 11.6. The molecule has 0 saturated carbocycles. The lowest BCUT2D eigenvalue weighted by Gasteiger charge is -2.16. The molecule has 0 amide bonds. The first-order valence-corrected chi connectivity index (χ1v) is 7.83. The molecule has 0 bridgehead atoms. The summed E-state index contributed by atoms with van der Waals surface area (Å²) in [7, 11) is 0.304. The van der Waals surface area contributed by atoms with Crippen molar-refractivity contribution < 1.29 is 13.6 Å². The zero-order chi connectivity index (χ0) is 11.4. The predicted octanol–water partition coefficient (Wildman–Crippen LogP) is 2.49. The van der Waals surface area contributed by atoms with E-state index in [0.717, 1.165) is 19.1 Å². The Morgan fingerprint density at radius 2 is 1.53 bits per heavy atom. The fourth-order valence-corrected chi connectivity index (χ4v) is 3.17. The highest BCUT2D eigenvalue weighted by molar-refractivity contribution is 6.44. The Balaban J connectivity index is 3.53. The Hall–Kier alpha value is 0.0969. The molecule has 0 aromatic heterocycles. The average Bonchev–Trinajstić information content (AvgIpc) is 2.25. The largest absolute Gasteiger partial charge is 0.397 e. The minimum atomic E-state index is -1.39. The monoisotopic (exact) mass is 234 g/mol. The van der Waals surface area contributed by atoms with E-state index in [2.05, 4.69) is 13.8 Å². The van der Waals surface area contributed by atoms with Gasteiger partial charge < -0.3 is 13.6 Å². The summed E-state index contributed by atoms with van der Waals surface area (Å²) in [5.41, 5.74) is 0. The van der Waals surface area contributed by atoms with Crippen molar-refractivity contribution in [2.75, 3.05) is 26.9 Å². The molecule has 0 N–H and O–H groups in total. The molecule has 0 spiro atoms. The molecule has 0 aliphatic carbocycles. The van der Waals surface area contributed by atoms with Crippen molar-refractivity contribution in [1.82, 2.24) is 0 Å². The lowest BCUT2D eigenvalue weighted by molar-refractivity contribution is 0.120. The average molecular weight is 234 g/mol. The standard InChI is InChI=1S/C11H26O3Si/c1-4-6-8-13-15(11-7-5-2)14-10-9-12-3/h15H,4-11H2,1-3H3. The molecular formula is C11H26O3Si. The molecular weight excluding hydrogens is 208 g/mol. The molecule has 0 aromatic rings. The van der Waals surface area contributed by atoms with Crippen LogP contribution < -0.4 is 0 Å². The fraction of sp³-hybridized carbons (Fsp3) is 1.00. The van der Waals surface area contributed by atoms with Crippen LogP contribution in [0.25, 0.3) is 0 Å². The summed E-state index contributed by atoms with van der Waals surface area (Å²) in [6.45, 7) is 6.60. The summed E-state index contributed by atoms with van der Waals surface area (Å²) < 4.78 is 16.5. The molecule has 3 nitrogen and oxygen atoms in total. The van der Waals surface area contributed by atoms with Crippen LogP contribution in [0.3, 0.4) is 0 Å². The van der Waals surface area contributed by atoms with E-state index < -0.39 is 9.28 Å². The number of ether oxygens (including phenoxy) is 1. The Morgan fingerprint density at radius 3 is 2.13 bits per heavy atom. The first kappa shape index (κ1) is 15.1. The number of methoxy groups -OCH3 is 1. The molecule has 4 heteroatoms. The van der Waals surface area contributed by atoms with Crippen LogP contribution in [-0.4, -0.2) is 36.2 Å². The topological polar surface area (TPSA) is 27.7 Å². The van der Waals surface area contributed by atoms with Crippen molar-refractivity contribution in [3.63, 3.8) is 0 Å². The van der Waals surface area contributed by atoms with E-state index in [0.29, 0.717) is 13.2 Å². The van der Waals surface area contributed by atoms with Gasteiger partial charge in [0.25, 0.3) is 0 Å². The van der Waals surface area contributed by atoms with Gasteiger partial charge in [0.2, 0.25) is 0 Å². The highest BCUT2D eigenvalue weighted by atomic mass is 28.3. The summed E-state index contributed by atoms with van der Waals surface area (Å²) in [5, 5.41) is 0. The molecule has 1 unspecified atom stereocenters. The highest BCUT2D eigenvalue weighted by Crippen LogP contribution is 2.05. The number of unbranched alkanes of at least 4 members (excludes halogenated alkanes) is 2. The van der Waals surface area contributed by atoms with Crippen LogP contribution in [0.15, 0.2) is 0 Å². The summed E-state index contributed by atoms with van der Waals surface area (Å²) in [6, 6.07) is 1.13. The maximum Gasteiger partial charge on any atom is 0.321 e. The molecule has 0 aromatic carbocycles. The lowest BCUT2D eigenvalue weighted by Crippen LogP contribution is -2.25. The molecule has 0 saturated heterocycles. The zero-order valence-electron chi connectivity index (χ0n) is 10.5. The van der Waals surface area contributed by atoms with Gasteiger partial charge in [0.1, 0.15) is 0 Å². The van der Waals surface area contributed by atoms with Crippen LogP contribution in [0.1, 0.15) is 39.5 Å². The van der Waals surface area contributed by atoms with Crippen molar-refractivity contribution in [2.24, 2.45) is 0 Å². The Bertz CT molecular complexity index is 112. The van der Waals surface area contributed by atoms with E-state index in [9.17, 15) is 0 Å². The molecule has 15 heavy (non-hydrogen) atoms. The van der Waals surface area contributed by atoms with Crippen molar-refractivity contribution in [2.45, 2.75) is 45.6 Å². The normalized spacial score (nSPS) is 13.0. The third-order valence-electron chi connectivity index (χ3n) is 2.19. The highest BCUT2D eigenvalue weighted by Gasteiger charge is 2.12. The molecule has 0 rings (SSSR count). The summed E-state index contributed by atoms with van der Waals surface area (Å²) in [6.07, 6.45) is 4.76. The van der Waals surface area contributed by atoms with E-state index in [4.69, 9.17) is 13.6 Å². The molecule has 1 atom stereocenters. The maximum absolute atomic E-state index is 5.79. The van der Waals surface area contributed by atoms with Crippen molar-refractivity contribution >= 4 is 9.28 Å². The van der Waals surface area contributed by atoms with Gasteiger partial charge >= 0.3 is 9.28 Å². The maximum atomic E-state index is 5.79. The van der Waals surface area contributed by atoms with E-state index in [1.807, 2.05) is 0 Å². The summed E-state index contributed by atoms with van der Waals surface area (Å²) in [5.74, 6) is 0. The molecule has 0 fully saturated rings. The minimum absolute atomic E-state index is 0.673. The van der Waals surface area contributed by atoms with Gasteiger partial charge in [0.15, 0.2) is 0 Å². The van der Waals surface area contributed by atoms with Crippen molar-refractivity contribution in [3.05, 3.63) is 0 Å². The fourth-order valence-electron chi connectivity index (χ4n) is 1.21. The van der Waals surface area contributed by atoms with Gasteiger partial charge in [0, 0.05) is 13.7 Å². The number of hydrogen-bond acceptors (Lipinski definition) is 3. The summed E-state index contributed by atoms with van der Waals surface area (Å²) in [4.78, 5) is 0. The predicted molar refractivity (Wildman–Crippen MR) is 65.6 cm³/mol. The van der Waals surface area contributed by atoms with Gasteiger partial charge in [-0.2, -0.15) is 0 Å². The second kappa shape index (κ2) is 12.2. The van der Waals surface area contributed by atoms with Crippen LogP contribution in [0.2, 0.25) is 6.04 Å². The lowest BCUT2D eigenvalue weighted by atomic mass is 10.4. The Kier molecular flexibility index (Phi) is 12.2. The molecule has 0 heterocycles.